The highest BCUT2D eigenvalue weighted by atomic mass is 32.2. The fourth-order valence-electron chi connectivity index (χ4n) is 2.12. The van der Waals surface area contributed by atoms with Gasteiger partial charge >= 0.3 is 0 Å². The normalized spacial score (nSPS) is 24.3. The van der Waals surface area contributed by atoms with Gasteiger partial charge in [-0.15, -0.1) is 6.42 Å². The summed E-state index contributed by atoms with van der Waals surface area (Å²) in [5.74, 6) is 2.04. The first-order chi connectivity index (χ1) is 7.30. The van der Waals surface area contributed by atoms with E-state index in [0.29, 0.717) is 6.42 Å². The van der Waals surface area contributed by atoms with Gasteiger partial charge in [0.25, 0.3) is 0 Å². The zero-order chi connectivity index (χ0) is 12.4. The van der Waals surface area contributed by atoms with Crippen molar-refractivity contribution in [1.29, 1.82) is 0 Å². The van der Waals surface area contributed by atoms with E-state index in [1.54, 1.807) is 12.2 Å². The van der Waals surface area contributed by atoms with Crippen LogP contribution in [-0.2, 0) is 9.84 Å². The number of rotatable bonds is 3. The second kappa shape index (κ2) is 4.47. The van der Waals surface area contributed by atoms with Crippen molar-refractivity contribution >= 4 is 9.84 Å². The Morgan fingerprint density at radius 1 is 1.69 bits per heavy atom. The van der Waals surface area contributed by atoms with E-state index in [4.69, 9.17) is 6.42 Å². The van der Waals surface area contributed by atoms with Gasteiger partial charge in [-0.25, -0.2) is 8.42 Å². The maximum atomic E-state index is 11.9. The molecular formula is C13H18O2S. The summed E-state index contributed by atoms with van der Waals surface area (Å²) in [6.45, 7) is 7.85. The van der Waals surface area contributed by atoms with Gasteiger partial charge in [-0.2, -0.15) is 0 Å². The highest BCUT2D eigenvalue weighted by molar-refractivity contribution is 7.92. The van der Waals surface area contributed by atoms with Crippen molar-refractivity contribution in [1.82, 2.24) is 0 Å². The standard InChI is InChI=1S/C13H18O2S/c1-5-7-16(14,15)12-8-11(6-2)9-13(3,4)10-12/h1,6,8,12H,2,7,9-10H2,3-4H3. The summed E-state index contributed by atoms with van der Waals surface area (Å²) in [5, 5.41) is -0.458. The Kier molecular flexibility index (Phi) is 3.64. The zero-order valence-electron chi connectivity index (χ0n) is 9.86. The van der Waals surface area contributed by atoms with Crippen molar-refractivity contribution in [2.24, 2.45) is 5.41 Å². The van der Waals surface area contributed by atoms with Crippen molar-refractivity contribution in [3.63, 3.8) is 0 Å². The molecule has 0 N–H and O–H groups in total. The quantitative estimate of drug-likeness (QED) is 0.707. The molecule has 88 valence electrons. The van der Waals surface area contributed by atoms with Gasteiger partial charge < -0.3 is 0 Å². The zero-order valence-corrected chi connectivity index (χ0v) is 10.7. The summed E-state index contributed by atoms with van der Waals surface area (Å²) in [7, 11) is -3.21. The minimum Gasteiger partial charge on any atom is -0.227 e. The topological polar surface area (TPSA) is 34.1 Å². The molecule has 0 amide bonds. The smallest absolute Gasteiger partial charge is 0.167 e. The van der Waals surface area contributed by atoms with Gasteiger partial charge in [-0.05, 0) is 18.3 Å². The molecule has 1 aliphatic rings. The van der Waals surface area contributed by atoms with E-state index in [9.17, 15) is 8.42 Å². The number of hydrogen-bond acceptors (Lipinski definition) is 2. The van der Waals surface area contributed by atoms with Gasteiger partial charge in [0, 0.05) is 0 Å². The van der Waals surface area contributed by atoms with E-state index < -0.39 is 15.1 Å². The lowest BCUT2D eigenvalue weighted by molar-refractivity contribution is 0.324. The van der Waals surface area contributed by atoms with Crippen LogP contribution in [0.1, 0.15) is 26.7 Å². The van der Waals surface area contributed by atoms with Gasteiger partial charge in [0.2, 0.25) is 0 Å². The highest BCUT2D eigenvalue weighted by Crippen LogP contribution is 2.38. The third kappa shape index (κ3) is 2.99. The fraction of sp³-hybridized carbons (Fsp3) is 0.538. The van der Waals surface area contributed by atoms with E-state index in [1.807, 2.05) is 0 Å². The molecule has 0 aromatic rings. The van der Waals surface area contributed by atoms with Gasteiger partial charge in [0.15, 0.2) is 9.84 Å². The number of terminal acetylenes is 1. The molecule has 0 fully saturated rings. The number of hydrogen-bond donors (Lipinski definition) is 0. The molecule has 3 heteroatoms. The monoisotopic (exact) mass is 238 g/mol. The molecule has 0 saturated carbocycles. The SMILES string of the molecule is C#CCS(=O)(=O)C1C=C(C=C)CC(C)(C)C1. The molecule has 1 rings (SSSR count). The molecule has 0 heterocycles. The van der Waals surface area contributed by atoms with E-state index in [2.05, 4.69) is 26.3 Å². The van der Waals surface area contributed by atoms with Crippen molar-refractivity contribution in [2.45, 2.75) is 31.9 Å². The molecule has 0 spiro atoms. The Labute approximate surface area is 98.4 Å². The second-order valence-corrected chi connectivity index (χ2v) is 7.26. The Bertz CT molecular complexity index is 447. The first kappa shape index (κ1) is 13.1. The Morgan fingerprint density at radius 2 is 2.31 bits per heavy atom. The van der Waals surface area contributed by atoms with Crippen molar-refractivity contribution < 1.29 is 8.42 Å². The van der Waals surface area contributed by atoms with Crippen LogP contribution in [0.5, 0.6) is 0 Å². The minimum absolute atomic E-state index is 0.00932. The average molecular weight is 238 g/mol. The summed E-state index contributed by atoms with van der Waals surface area (Å²) in [6, 6.07) is 0. The number of sulfone groups is 1. The lowest BCUT2D eigenvalue weighted by Crippen LogP contribution is -2.32. The summed E-state index contributed by atoms with van der Waals surface area (Å²) in [4.78, 5) is 0. The van der Waals surface area contributed by atoms with Gasteiger partial charge in [0.1, 0.15) is 5.75 Å². The predicted molar refractivity (Wildman–Crippen MR) is 67.7 cm³/mol. The first-order valence-electron chi connectivity index (χ1n) is 5.29. The second-order valence-electron chi connectivity index (χ2n) is 5.04. The molecule has 1 atom stereocenters. The maximum Gasteiger partial charge on any atom is 0.167 e. The molecule has 0 aromatic heterocycles. The predicted octanol–water partition coefficient (Wildman–Crippen LogP) is 2.34. The fourth-order valence-corrected chi connectivity index (χ4v) is 3.65. The third-order valence-corrected chi connectivity index (χ3v) is 4.64. The summed E-state index contributed by atoms with van der Waals surface area (Å²) in [6.07, 6.45) is 10.1. The van der Waals surface area contributed by atoms with Gasteiger partial charge in [-0.1, -0.05) is 44.1 Å². The van der Waals surface area contributed by atoms with Crippen LogP contribution in [0, 0.1) is 17.8 Å². The maximum absolute atomic E-state index is 11.9. The Balaban J connectivity index is 3.07. The largest absolute Gasteiger partial charge is 0.227 e. The van der Waals surface area contributed by atoms with Crippen LogP contribution in [0.25, 0.3) is 0 Å². The van der Waals surface area contributed by atoms with E-state index >= 15 is 0 Å². The molecular weight excluding hydrogens is 220 g/mol. The summed E-state index contributed by atoms with van der Waals surface area (Å²) in [5.41, 5.74) is 0.992. The third-order valence-electron chi connectivity index (χ3n) is 2.84. The summed E-state index contributed by atoms with van der Waals surface area (Å²) >= 11 is 0. The van der Waals surface area contributed by atoms with E-state index in [1.165, 1.54) is 0 Å². The van der Waals surface area contributed by atoms with Crippen LogP contribution >= 0.6 is 0 Å². The Hall–Kier alpha value is -1.01. The average Bonchev–Trinajstić information content (AvgIpc) is 2.15. The molecule has 0 saturated heterocycles. The van der Waals surface area contributed by atoms with Crippen LogP contribution in [-0.4, -0.2) is 19.4 Å². The molecule has 2 nitrogen and oxygen atoms in total. The minimum atomic E-state index is -3.21. The van der Waals surface area contributed by atoms with Crippen LogP contribution in [0.15, 0.2) is 24.3 Å². The molecule has 0 aliphatic heterocycles. The van der Waals surface area contributed by atoms with Gasteiger partial charge in [0.05, 0.1) is 5.25 Å². The molecule has 16 heavy (non-hydrogen) atoms. The lowest BCUT2D eigenvalue weighted by atomic mass is 9.77. The molecule has 1 aliphatic carbocycles. The van der Waals surface area contributed by atoms with E-state index in [0.717, 1.165) is 12.0 Å². The van der Waals surface area contributed by atoms with Crippen LogP contribution < -0.4 is 0 Å². The van der Waals surface area contributed by atoms with Crippen molar-refractivity contribution in [3.05, 3.63) is 24.3 Å². The number of allylic oxidation sites excluding steroid dienone is 2. The van der Waals surface area contributed by atoms with E-state index in [-0.39, 0.29) is 11.2 Å². The molecule has 0 radical (unpaired) electrons. The van der Waals surface area contributed by atoms with Crippen LogP contribution in [0.3, 0.4) is 0 Å². The highest BCUT2D eigenvalue weighted by Gasteiger charge is 2.34. The van der Waals surface area contributed by atoms with Crippen molar-refractivity contribution in [3.8, 4) is 12.3 Å². The van der Waals surface area contributed by atoms with Crippen molar-refractivity contribution in [2.75, 3.05) is 5.75 Å². The lowest BCUT2D eigenvalue weighted by Gasteiger charge is -2.33. The van der Waals surface area contributed by atoms with Gasteiger partial charge in [-0.3, -0.25) is 0 Å². The molecule has 0 aromatic carbocycles. The summed E-state index contributed by atoms with van der Waals surface area (Å²) < 4.78 is 23.8. The van der Waals surface area contributed by atoms with Crippen LogP contribution in [0.2, 0.25) is 0 Å². The first-order valence-corrected chi connectivity index (χ1v) is 7.00. The molecule has 1 unspecified atom stereocenters. The van der Waals surface area contributed by atoms with Crippen LogP contribution in [0.4, 0.5) is 0 Å². The Morgan fingerprint density at radius 3 is 2.81 bits per heavy atom. The molecule has 0 bridgehead atoms.